The van der Waals surface area contributed by atoms with Crippen LogP contribution in [0.2, 0.25) is 0 Å². The quantitative estimate of drug-likeness (QED) is 0.380. The van der Waals surface area contributed by atoms with Gasteiger partial charge >= 0.3 is 6.18 Å². The molecular formula is C27H24F5N3O2. The van der Waals surface area contributed by atoms with Gasteiger partial charge in [0.05, 0.1) is 23.4 Å². The molecule has 1 aromatic heterocycles. The Morgan fingerprint density at radius 3 is 2.35 bits per heavy atom. The van der Waals surface area contributed by atoms with Gasteiger partial charge in [-0.15, -0.1) is 0 Å². The molecule has 1 aliphatic heterocycles. The molecule has 0 atom stereocenters. The maximum atomic E-state index is 13.9. The van der Waals surface area contributed by atoms with Gasteiger partial charge in [-0.25, -0.2) is 8.78 Å². The Kier molecular flexibility index (Phi) is 5.36. The lowest BCUT2D eigenvalue weighted by molar-refractivity contribution is -0.149. The van der Waals surface area contributed by atoms with Crippen LogP contribution in [-0.4, -0.2) is 39.8 Å². The Hall–Kier alpha value is -3.43. The molecule has 0 radical (unpaired) electrons. The Morgan fingerprint density at radius 2 is 1.70 bits per heavy atom. The molecule has 1 saturated heterocycles. The number of carbonyl (C=O) groups is 1. The first kappa shape index (κ1) is 23.9. The van der Waals surface area contributed by atoms with Gasteiger partial charge < -0.3 is 9.64 Å². The highest BCUT2D eigenvalue weighted by molar-refractivity contribution is 5.97. The van der Waals surface area contributed by atoms with Crippen LogP contribution < -0.4 is 4.74 Å². The lowest BCUT2D eigenvalue weighted by Gasteiger charge is -2.59. The van der Waals surface area contributed by atoms with Gasteiger partial charge in [-0.05, 0) is 74.6 Å². The van der Waals surface area contributed by atoms with Gasteiger partial charge in [-0.2, -0.15) is 18.3 Å². The number of hydrogen-bond donors (Lipinski definition) is 0. The summed E-state index contributed by atoms with van der Waals surface area (Å²) in [4.78, 5) is 14.7. The second kappa shape index (κ2) is 8.29. The second-order valence-electron chi connectivity index (χ2n) is 10.5. The van der Waals surface area contributed by atoms with Crippen molar-refractivity contribution >= 4 is 5.91 Å². The average Bonchev–Trinajstić information content (AvgIpc) is 3.46. The molecule has 10 heteroatoms. The first-order chi connectivity index (χ1) is 17.5. The van der Waals surface area contributed by atoms with Gasteiger partial charge in [0, 0.05) is 30.1 Å². The van der Waals surface area contributed by atoms with E-state index in [2.05, 4.69) is 5.10 Å². The van der Waals surface area contributed by atoms with Crippen molar-refractivity contribution in [1.29, 1.82) is 0 Å². The third-order valence-corrected chi connectivity index (χ3v) is 7.51. The van der Waals surface area contributed by atoms with E-state index in [0.717, 1.165) is 23.6 Å². The smallest absolute Gasteiger partial charge is 0.433 e. The number of halogens is 5. The van der Waals surface area contributed by atoms with Gasteiger partial charge in [0.25, 0.3) is 5.91 Å². The van der Waals surface area contributed by atoms with Crippen LogP contribution in [0.4, 0.5) is 22.0 Å². The van der Waals surface area contributed by atoms with Gasteiger partial charge in [-0.1, -0.05) is 0 Å². The molecule has 3 aliphatic rings. The molecule has 6 rings (SSSR count). The maximum Gasteiger partial charge on any atom is 0.433 e. The largest absolute Gasteiger partial charge is 0.489 e. The van der Waals surface area contributed by atoms with Crippen LogP contribution in [0.1, 0.15) is 53.3 Å². The molecule has 0 bridgehead atoms. The maximum absolute atomic E-state index is 13.9. The number of likely N-dealkylation sites (tertiary alicyclic amines) is 1. The van der Waals surface area contributed by atoms with E-state index < -0.39 is 29.5 Å². The van der Waals surface area contributed by atoms with Crippen molar-refractivity contribution < 1.29 is 31.5 Å². The van der Waals surface area contributed by atoms with Crippen LogP contribution in [0, 0.1) is 24.0 Å². The highest BCUT2D eigenvalue weighted by Gasteiger charge is 2.56. The Balaban J connectivity index is 1.17. The fraction of sp³-hybridized carbons (Fsp3) is 0.407. The summed E-state index contributed by atoms with van der Waals surface area (Å²) < 4.78 is 75.5. The van der Waals surface area contributed by atoms with E-state index in [-0.39, 0.29) is 28.9 Å². The molecule has 5 nitrogen and oxygen atoms in total. The molecule has 1 amide bonds. The second-order valence-corrected chi connectivity index (χ2v) is 10.5. The van der Waals surface area contributed by atoms with Crippen LogP contribution in [-0.2, 0) is 6.18 Å². The first-order valence-corrected chi connectivity index (χ1v) is 12.2. The number of alkyl halides is 3. The minimum absolute atomic E-state index is 0.00367. The minimum atomic E-state index is -4.59. The minimum Gasteiger partial charge on any atom is -0.489 e. The van der Waals surface area contributed by atoms with Crippen LogP contribution in [0.25, 0.3) is 11.3 Å². The third kappa shape index (κ3) is 4.36. The summed E-state index contributed by atoms with van der Waals surface area (Å²) in [6.45, 7) is 2.45. The number of carbonyl (C=O) groups excluding carboxylic acids is 1. The summed E-state index contributed by atoms with van der Waals surface area (Å²) >= 11 is 0. The molecule has 0 unspecified atom stereocenters. The van der Waals surface area contributed by atoms with Crippen LogP contribution in [0.15, 0.2) is 42.5 Å². The summed E-state index contributed by atoms with van der Waals surface area (Å²) in [5.41, 5.74) is 0.288. The Bertz CT molecular complexity index is 1380. The standard InChI is InChI=1S/C27H24F5N3O2/c1-15-8-16(28)2-6-20(15)22-10-24(27(30,31)32)35(33-22)18-11-26(12-18)13-34(14-26)25(36)21-7-3-17(29)9-23(21)37-19-4-5-19/h2-3,6-10,18-19H,4-5,11-14H2,1H3. The number of amides is 1. The highest BCUT2D eigenvalue weighted by atomic mass is 19.4. The van der Waals surface area contributed by atoms with Gasteiger partial charge in [-0.3, -0.25) is 9.48 Å². The molecule has 3 aromatic rings. The predicted octanol–water partition coefficient (Wildman–Crippen LogP) is 6.17. The third-order valence-electron chi connectivity index (χ3n) is 7.51. The van der Waals surface area contributed by atoms with E-state index in [1.54, 1.807) is 11.8 Å². The highest BCUT2D eigenvalue weighted by Crippen LogP contribution is 2.55. The number of aryl methyl sites for hydroxylation is 1. The Labute approximate surface area is 209 Å². The summed E-state index contributed by atoms with van der Waals surface area (Å²) in [5.74, 6) is -0.985. The van der Waals surface area contributed by atoms with Crippen LogP contribution in [0.3, 0.4) is 0 Å². The van der Waals surface area contributed by atoms with Crippen molar-refractivity contribution in [2.24, 2.45) is 5.41 Å². The first-order valence-electron chi connectivity index (χ1n) is 12.2. The fourth-order valence-electron chi connectivity index (χ4n) is 5.51. The summed E-state index contributed by atoms with van der Waals surface area (Å²) in [6, 6.07) is 8.32. The van der Waals surface area contributed by atoms with Crippen molar-refractivity contribution in [3.63, 3.8) is 0 Å². The Morgan fingerprint density at radius 1 is 1.03 bits per heavy atom. The van der Waals surface area contributed by atoms with Crippen molar-refractivity contribution in [2.45, 2.75) is 50.9 Å². The van der Waals surface area contributed by atoms with Gasteiger partial charge in [0.15, 0.2) is 0 Å². The average molecular weight is 517 g/mol. The number of benzene rings is 2. The van der Waals surface area contributed by atoms with Crippen molar-refractivity contribution in [3.05, 3.63) is 70.9 Å². The van der Waals surface area contributed by atoms with E-state index in [9.17, 15) is 26.7 Å². The van der Waals surface area contributed by atoms with Crippen molar-refractivity contribution in [2.75, 3.05) is 13.1 Å². The summed E-state index contributed by atoms with van der Waals surface area (Å²) in [7, 11) is 0. The SMILES string of the molecule is Cc1cc(F)ccc1-c1cc(C(F)(F)F)n(C2CC3(C2)CN(C(=O)c2ccc(F)cc2OC2CC2)C3)n1. The molecule has 37 heavy (non-hydrogen) atoms. The van der Waals surface area contributed by atoms with Gasteiger partial charge in [0.1, 0.15) is 23.1 Å². The molecule has 2 aliphatic carbocycles. The van der Waals surface area contributed by atoms with Gasteiger partial charge in [0.2, 0.25) is 0 Å². The fourth-order valence-corrected chi connectivity index (χ4v) is 5.51. The predicted molar refractivity (Wildman–Crippen MR) is 124 cm³/mol. The van der Waals surface area contributed by atoms with E-state index in [4.69, 9.17) is 4.74 Å². The molecular weight excluding hydrogens is 493 g/mol. The monoisotopic (exact) mass is 517 g/mol. The molecule has 194 valence electrons. The van der Waals surface area contributed by atoms with E-state index >= 15 is 0 Å². The number of hydrogen-bond acceptors (Lipinski definition) is 3. The molecule has 3 fully saturated rings. The molecule has 0 N–H and O–H groups in total. The number of nitrogens with zero attached hydrogens (tertiary/aromatic N) is 3. The van der Waals surface area contributed by atoms with E-state index in [0.29, 0.717) is 42.6 Å². The zero-order chi connectivity index (χ0) is 26.1. The zero-order valence-corrected chi connectivity index (χ0v) is 20.0. The zero-order valence-electron chi connectivity index (χ0n) is 20.0. The summed E-state index contributed by atoms with van der Waals surface area (Å²) in [5, 5.41) is 4.28. The molecule has 2 aromatic carbocycles. The topological polar surface area (TPSA) is 47.4 Å². The summed E-state index contributed by atoms with van der Waals surface area (Å²) in [6.07, 6.45) is -1.94. The van der Waals surface area contributed by atoms with E-state index in [1.165, 1.54) is 36.4 Å². The van der Waals surface area contributed by atoms with Crippen molar-refractivity contribution in [3.8, 4) is 17.0 Å². The molecule has 2 saturated carbocycles. The molecule has 2 heterocycles. The van der Waals surface area contributed by atoms with E-state index in [1.807, 2.05) is 0 Å². The number of aromatic nitrogens is 2. The normalized spacial score (nSPS) is 19.0. The molecule has 1 spiro atoms. The van der Waals surface area contributed by atoms with Crippen LogP contribution >= 0.6 is 0 Å². The van der Waals surface area contributed by atoms with Crippen molar-refractivity contribution in [1.82, 2.24) is 14.7 Å². The number of ether oxygens (including phenoxy) is 1. The number of rotatable bonds is 5. The lowest BCUT2D eigenvalue weighted by Crippen LogP contribution is -2.64. The van der Waals surface area contributed by atoms with Crippen LogP contribution in [0.5, 0.6) is 5.75 Å². The lowest BCUT2D eigenvalue weighted by atomic mass is 9.60.